The lowest BCUT2D eigenvalue weighted by molar-refractivity contribution is 0.0669. The molecular weight excluding hydrogens is 487 g/mol. The zero-order valence-corrected chi connectivity index (χ0v) is 23.4. The lowest BCUT2D eigenvalue weighted by atomic mass is 10.0. The van der Waals surface area contributed by atoms with Crippen molar-refractivity contribution in [3.05, 3.63) is 58.0 Å². The molecule has 1 aliphatic heterocycles. The Bertz CT molecular complexity index is 1350. The molecule has 2 N–H and O–H groups in total. The molecule has 9 heteroatoms. The summed E-state index contributed by atoms with van der Waals surface area (Å²) in [4.78, 5) is 20.0. The second kappa shape index (κ2) is 9.85. The second-order valence-electron chi connectivity index (χ2n) is 11.6. The van der Waals surface area contributed by atoms with E-state index in [2.05, 4.69) is 24.6 Å². The van der Waals surface area contributed by atoms with Gasteiger partial charge in [-0.3, -0.25) is 4.79 Å². The molecule has 5 rings (SSSR count). The van der Waals surface area contributed by atoms with Crippen molar-refractivity contribution >= 4 is 30.8 Å². The van der Waals surface area contributed by atoms with Gasteiger partial charge in [0.1, 0.15) is 24.1 Å². The number of fused-ring (bicyclic) bond motifs is 3. The number of carbonyl (C=O) groups is 1. The molecule has 1 atom stereocenters. The number of hydrogen-bond acceptors (Lipinski definition) is 5. The standard InChI is InChI=1S/C28H37FN4O3Si/c1-17(20-9-8-19(12-23(20)29)18-6-7-18)32(2)28(34)25-13-24-26(21-14-36-15-22(21)27(30)31-24)33(25)16-35-10-11-37(3,4)5/h8-9,12-13,17-18H,6-7,10-11,14-16H2,1-5H3,(H2,30,31). The summed E-state index contributed by atoms with van der Waals surface area (Å²) in [5.74, 6) is 0.406. The van der Waals surface area contributed by atoms with Gasteiger partial charge in [0, 0.05) is 38.4 Å². The molecule has 7 nitrogen and oxygen atoms in total. The van der Waals surface area contributed by atoms with Crippen LogP contribution in [0.3, 0.4) is 0 Å². The van der Waals surface area contributed by atoms with Gasteiger partial charge in [0.2, 0.25) is 0 Å². The minimum atomic E-state index is -1.27. The molecule has 1 fully saturated rings. The fraction of sp³-hybridized carbons (Fsp3) is 0.500. The first-order valence-electron chi connectivity index (χ1n) is 13.1. The zero-order valence-electron chi connectivity index (χ0n) is 22.4. The number of anilines is 1. The van der Waals surface area contributed by atoms with Crippen LogP contribution in [0.25, 0.3) is 11.0 Å². The third-order valence-electron chi connectivity index (χ3n) is 7.63. The Morgan fingerprint density at radius 2 is 2.00 bits per heavy atom. The quantitative estimate of drug-likeness (QED) is 0.282. The maximum absolute atomic E-state index is 15.1. The van der Waals surface area contributed by atoms with Crippen LogP contribution < -0.4 is 5.73 Å². The van der Waals surface area contributed by atoms with Crippen LogP contribution in [0.1, 0.15) is 64.5 Å². The molecular formula is C28H37FN4O3Si. The summed E-state index contributed by atoms with van der Waals surface area (Å²) in [7, 11) is 0.443. The van der Waals surface area contributed by atoms with Crippen LogP contribution >= 0.6 is 0 Å². The fourth-order valence-corrected chi connectivity index (χ4v) is 5.72. The number of nitrogen functional groups attached to an aromatic ring is 1. The van der Waals surface area contributed by atoms with Crippen molar-refractivity contribution in [3.63, 3.8) is 0 Å². The number of benzene rings is 1. The Kier molecular flexibility index (Phi) is 6.89. The number of aromatic nitrogens is 2. The summed E-state index contributed by atoms with van der Waals surface area (Å²) < 4.78 is 28.7. The summed E-state index contributed by atoms with van der Waals surface area (Å²) in [6.45, 7) is 10.4. The van der Waals surface area contributed by atoms with E-state index in [1.165, 1.54) is 0 Å². The largest absolute Gasteiger partial charge is 0.383 e. The van der Waals surface area contributed by atoms with Gasteiger partial charge in [-0.15, -0.1) is 0 Å². The van der Waals surface area contributed by atoms with E-state index in [1.54, 1.807) is 24.1 Å². The Hall–Kier alpha value is -2.75. The molecule has 3 heterocycles. The third kappa shape index (κ3) is 5.17. The predicted molar refractivity (Wildman–Crippen MR) is 146 cm³/mol. The van der Waals surface area contributed by atoms with Crippen molar-refractivity contribution in [2.45, 2.75) is 77.4 Å². The topological polar surface area (TPSA) is 82.6 Å². The van der Waals surface area contributed by atoms with Crippen molar-refractivity contribution in [1.29, 1.82) is 0 Å². The molecule has 1 amide bonds. The van der Waals surface area contributed by atoms with Gasteiger partial charge < -0.3 is 24.7 Å². The number of nitrogens with two attached hydrogens (primary N) is 1. The van der Waals surface area contributed by atoms with E-state index in [4.69, 9.17) is 15.2 Å². The molecule has 3 aromatic rings. The van der Waals surface area contributed by atoms with E-state index < -0.39 is 14.1 Å². The number of ether oxygens (including phenoxy) is 2. The van der Waals surface area contributed by atoms with Gasteiger partial charge in [-0.2, -0.15) is 0 Å². The van der Waals surface area contributed by atoms with Gasteiger partial charge in [0.15, 0.2) is 0 Å². The van der Waals surface area contributed by atoms with Gasteiger partial charge in [-0.05, 0) is 49.4 Å². The van der Waals surface area contributed by atoms with Gasteiger partial charge in [-0.25, -0.2) is 9.37 Å². The smallest absolute Gasteiger partial charge is 0.270 e. The molecule has 1 unspecified atom stereocenters. The predicted octanol–water partition coefficient (Wildman–Crippen LogP) is 5.81. The molecule has 2 aliphatic rings. The van der Waals surface area contributed by atoms with Crippen molar-refractivity contribution in [3.8, 4) is 0 Å². The van der Waals surface area contributed by atoms with Gasteiger partial charge >= 0.3 is 0 Å². The average molecular weight is 525 g/mol. The van der Waals surface area contributed by atoms with E-state index in [9.17, 15) is 4.79 Å². The minimum Gasteiger partial charge on any atom is -0.383 e. The number of carbonyl (C=O) groups excluding carboxylic acids is 1. The van der Waals surface area contributed by atoms with Crippen LogP contribution in [-0.4, -0.2) is 42.1 Å². The van der Waals surface area contributed by atoms with E-state index in [0.717, 1.165) is 41.1 Å². The lowest BCUT2D eigenvalue weighted by Crippen LogP contribution is -2.32. The SMILES string of the molecule is CC(c1ccc(C2CC2)cc1F)N(C)C(=O)c1cc2nc(N)c3c(c2n1COCC[Si](C)(C)C)COC3. The molecule has 1 saturated carbocycles. The number of amides is 1. The third-order valence-corrected chi connectivity index (χ3v) is 9.33. The van der Waals surface area contributed by atoms with E-state index in [-0.39, 0.29) is 18.5 Å². The van der Waals surface area contributed by atoms with Gasteiger partial charge in [-0.1, -0.05) is 31.8 Å². The molecule has 198 valence electrons. The first kappa shape index (κ1) is 25.9. The maximum Gasteiger partial charge on any atom is 0.270 e. The lowest BCUT2D eigenvalue weighted by Gasteiger charge is -2.26. The molecule has 0 bridgehead atoms. The fourth-order valence-electron chi connectivity index (χ4n) is 4.97. The highest BCUT2D eigenvalue weighted by Gasteiger charge is 2.30. The molecule has 2 aromatic heterocycles. The van der Waals surface area contributed by atoms with E-state index in [1.807, 2.05) is 23.6 Å². The molecule has 0 spiro atoms. The van der Waals surface area contributed by atoms with Crippen molar-refractivity contribution < 1.29 is 18.7 Å². The van der Waals surface area contributed by atoms with Crippen LogP contribution in [0.15, 0.2) is 24.3 Å². The highest BCUT2D eigenvalue weighted by Crippen LogP contribution is 2.41. The normalized spacial score (nSPS) is 16.3. The molecule has 37 heavy (non-hydrogen) atoms. The van der Waals surface area contributed by atoms with Crippen molar-refractivity contribution in [2.75, 3.05) is 19.4 Å². The Labute approximate surface area is 218 Å². The second-order valence-corrected chi connectivity index (χ2v) is 17.3. The molecule has 0 radical (unpaired) electrons. The van der Waals surface area contributed by atoms with Crippen LogP contribution in [0.4, 0.5) is 10.2 Å². The molecule has 1 aromatic carbocycles. The van der Waals surface area contributed by atoms with Crippen LogP contribution in [0.5, 0.6) is 0 Å². The summed E-state index contributed by atoms with van der Waals surface area (Å²) in [6.07, 6.45) is 2.23. The van der Waals surface area contributed by atoms with Gasteiger partial charge in [0.25, 0.3) is 5.91 Å². The van der Waals surface area contributed by atoms with Crippen LogP contribution in [0, 0.1) is 5.82 Å². The average Bonchev–Trinajstić information content (AvgIpc) is 3.46. The Morgan fingerprint density at radius 3 is 2.68 bits per heavy atom. The van der Waals surface area contributed by atoms with Gasteiger partial charge in [0.05, 0.1) is 30.3 Å². The molecule has 0 saturated heterocycles. The number of hydrogen-bond donors (Lipinski definition) is 1. The number of halogens is 1. The van der Waals surface area contributed by atoms with Crippen LogP contribution in [-0.2, 0) is 29.4 Å². The Balaban J connectivity index is 1.47. The summed E-state index contributed by atoms with van der Waals surface area (Å²) in [5, 5.41) is 0. The maximum atomic E-state index is 15.1. The summed E-state index contributed by atoms with van der Waals surface area (Å²) >= 11 is 0. The minimum absolute atomic E-state index is 0.222. The van der Waals surface area contributed by atoms with Crippen LogP contribution in [0.2, 0.25) is 25.7 Å². The Morgan fingerprint density at radius 1 is 1.27 bits per heavy atom. The number of nitrogens with zero attached hydrogens (tertiary/aromatic N) is 3. The zero-order chi connectivity index (χ0) is 26.5. The summed E-state index contributed by atoms with van der Waals surface area (Å²) in [6, 6.07) is 7.77. The highest BCUT2D eigenvalue weighted by molar-refractivity contribution is 6.76. The van der Waals surface area contributed by atoms with E-state index in [0.29, 0.717) is 48.3 Å². The van der Waals surface area contributed by atoms with Crippen molar-refractivity contribution in [1.82, 2.24) is 14.5 Å². The van der Waals surface area contributed by atoms with Crippen molar-refractivity contribution in [2.24, 2.45) is 0 Å². The molecule has 1 aliphatic carbocycles. The first-order chi connectivity index (χ1) is 17.5. The first-order valence-corrected chi connectivity index (χ1v) is 16.8. The monoisotopic (exact) mass is 524 g/mol. The summed E-state index contributed by atoms with van der Waals surface area (Å²) in [5.41, 5.74) is 11.5. The van der Waals surface area contributed by atoms with E-state index >= 15 is 4.39 Å². The number of pyridine rings is 1. The highest BCUT2D eigenvalue weighted by atomic mass is 28.3. The number of rotatable bonds is 9.